The van der Waals surface area contributed by atoms with E-state index in [1.54, 1.807) is 7.05 Å². The highest BCUT2D eigenvalue weighted by molar-refractivity contribution is 5.60. The summed E-state index contributed by atoms with van der Waals surface area (Å²) in [6.07, 6.45) is 0. The zero-order valence-corrected chi connectivity index (χ0v) is 9.20. The number of aliphatic imine (C=N–C) groups is 2. The van der Waals surface area contributed by atoms with Gasteiger partial charge in [0.25, 0.3) is 0 Å². The minimum absolute atomic E-state index is 0.479. The molecule has 0 aliphatic heterocycles. The van der Waals surface area contributed by atoms with Gasteiger partial charge in [-0.05, 0) is 24.0 Å². The highest BCUT2D eigenvalue weighted by Gasteiger charge is 2.06. The van der Waals surface area contributed by atoms with Crippen molar-refractivity contribution in [2.24, 2.45) is 9.98 Å². The lowest BCUT2D eigenvalue weighted by atomic mass is 9.99. The first-order valence-electron chi connectivity index (χ1n) is 4.81. The van der Waals surface area contributed by atoms with Crippen molar-refractivity contribution in [1.29, 1.82) is 0 Å². The van der Waals surface area contributed by atoms with Gasteiger partial charge < -0.3 is 0 Å². The van der Waals surface area contributed by atoms with Crippen LogP contribution in [0.4, 0.5) is 5.69 Å². The fraction of sp³-hybridized carbons (Fsp3) is 0.417. The molecule has 0 saturated heterocycles. The average Bonchev–Trinajstić information content (AvgIpc) is 2.15. The van der Waals surface area contributed by atoms with Crippen LogP contribution in [0.2, 0.25) is 0 Å². The molecule has 0 radical (unpaired) electrons. The topological polar surface area (TPSA) is 24.7 Å². The molecular weight excluding hydrogens is 172 g/mol. The Morgan fingerprint density at radius 3 is 2.57 bits per heavy atom. The maximum atomic E-state index is 4.23. The van der Waals surface area contributed by atoms with Crippen LogP contribution in [0.15, 0.2) is 28.2 Å². The third-order valence-electron chi connectivity index (χ3n) is 2.15. The zero-order chi connectivity index (χ0) is 10.6. The van der Waals surface area contributed by atoms with Gasteiger partial charge in [-0.3, -0.25) is 0 Å². The van der Waals surface area contributed by atoms with Gasteiger partial charge in [0.1, 0.15) is 0 Å². The fourth-order valence-electron chi connectivity index (χ4n) is 1.40. The minimum Gasteiger partial charge on any atom is -0.229 e. The summed E-state index contributed by atoms with van der Waals surface area (Å²) in [5.41, 5.74) is 3.43. The maximum absolute atomic E-state index is 4.23. The van der Waals surface area contributed by atoms with Gasteiger partial charge in [-0.2, -0.15) is 4.99 Å². The molecule has 0 aliphatic carbocycles. The van der Waals surface area contributed by atoms with Gasteiger partial charge in [-0.15, -0.1) is 0 Å². The summed E-state index contributed by atoms with van der Waals surface area (Å²) in [4.78, 5) is 7.98. The second-order valence-electron chi connectivity index (χ2n) is 3.60. The molecule has 14 heavy (non-hydrogen) atoms. The normalized spacial score (nSPS) is 9.79. The van der Waals surface area contributed by atoms with Gasteiger partial charge >= 0.3 is 0 Å². The predicted molar refractivity (Wildman–Crippen MR) is 60.7 cm³/mol. The van der Waals surface area contributed by atoms with E-state index in [2.05, 4.69) is 55.0 Å². The summed E-state index contributed by atoms with van der Waals surface area (Å²) in [6.45, 7) is 6.38. The van der Waals surface area contributed by atoms with Crippen LogP contribution >= 0.6 is 0 Å². The summed E-state index contributed by atoms with van der Waals surface area (Å²) in [7, 11) is 1.68. The van der Waals surface area contributed by atoms with Gasteiger partial charge in [-0.25, -0.2) is 4.99 Å². The van der Waals surface area contributed by atoms with Crippen LogP contribution in [-0.2, 0) is 0 Å². The van der Waals surface area contributed by atoms with E-state index in [0.29, 0.717) is 5.92 Å². The second kappa shape index (κ2) is 4.73. The molecule has 0 heterocycles. The smallest absolute Gasteiger partial charge is 0.0946 e. The molecule has 0 amide bonds. The summed E-state index contributed by atoms with van der Waals surface area (Å²) in [5.74, 6) is 0.479. The molecule has 0 aromatic heterocycles. The number of benzene rings is 1. The third-order valence-corrected chi connectivity index (χ3v) is 2.15. The van der Waals surface area contributed by atoms with Gasteiger partial charge in [-0.1, -0.05) is 32.0 Å². The van der Waals surface area contributed by atoms with E-state index in [4.69, 9.17) is 0 Å². The Labute approximate surface area is 85.4 Å². The quantitative estimate of drug-likeness (QED) is 0.634. The first-order valence-corrected chi connectivity index (χ1v) is 4.81. The molecule has 0 saturated carbocycles. The molecule has 0 atom stereocenters. The van der Waals surface area contributed by atoms with Crippen LogP contribution in [0.1, 0.15) is 30.9 Å². The summed E-state index contributed by atoms with van der Waals surface area (Å²) < 4.78 is 0. The molecule has 2 nitrogen and oxygen atoms in total. The number of aryl methyl sites for hydroxylation is 1. The summed E-state index contributed by atoms with van der Waals surface area (Å²) in [5, 5.41) is 0. The molecule has 0 fully saturated rings. The van der Waals surface area contributed by atoms with Crippen LogP contribution < -0.4 is 0 Å². The molecule has 0 bridgehead atoms. The van der Waals surface area contributed by atoms with Crippen molar-refractivity contribution < 1.29 is 0 Å². The fourth-order valence-corrected chi connectivity index (χ4v) is 1.40. The molecular formula is C12H16N2. The minimum atomic E-state index is 0.479. The van der Waals surface area contributed by atoms with E-state index in [9.17, 15) is 0 Å². The van der Waals surface area contributed by atoms with Crippen LogP contribution in [0.25, 0.3) is 0 Å². The monoisotopic (exact) mass is 188 g/mol. The summed E-state index contributed by atoms with van der Waals surface area (Å²) in [6, 6.07) is 8.88. The number of hydrogen-bond acceptors (Lipinski definition) is 2. The number of rotatable bonds is 2. The van der Waals surface area contributed by atoms with Crippen molar-refractivity contribution in [3.05, 3.63) is 29.3 Å². The molecule has 0 N–H and O–H groups in total. The van der Waals surface area contributed by atoms with Crippen LogP contribution in [0.3, 0.4) is 0 Å². The van der Waals surface area contributed by atoms with E-state index in [1.807, 2.05) is 0 Å². The van der Waals surface area contributed by atoms with Gasteiger partial charge in [0.2, 0.25) is 0 Å². The Morgan fingerprint density at radius 1 is 1.29 bits per heavy atom. The molecule has 1 rings (SSSR count). The highest BCUT2D eigenvalue weighted by atomic mass is 14.8. The Kier molecular flexibility index (Phi) is 3.61. The highest BCUT2D eigenvalue weighted by Crippen LogP contribution is 2.29. The van der Waals surface area contributed by atoms with E-state index in [0.717, 1.165) is 5.69 Å². The van der Waals surface area contributed by atoms with Crippen molar-refractivity contribution in [2.75, 3.05) is 7.05 Å². The maximum Gasteiger partial charge on any atom is 0.0946 e. The molecule has 2 heteroatoms. The lowest BCUT2D eigenvalue weighted by Crippen LogP contribution is -1.89. The van der Waals surface area contributed by atoms with Crippen LogP contribution in [0, 0.1) is 6.92 Å². The lowest BCUT2D eigenvalue weighted by Gasteiger charge is -2.09. The largest absolute Gasteiger partial charge is 0.229 e. The summed E-state index contributed by atoms with van der Waals surface area (Å²) >= 11 is 0. The van der Waals surface area contributed by atoms with E-state index >= 15 is 0 Å². The number of nitrogens with zero attached hydrogens (tertiary/aromatic N) is 2. The number of hydrogen-bond donors (Lipinski definition) is 0. The number of para-hydroxylation sites is 1. The average molecular weight is 188 g/mol. The standard InChI is InChI=1S/C12H16N2/c1-9(2)11-7-5-6-10(3)12(11)14-8-13-4/h5-7,9H,1-4H3. The first kappa shape index (κ1) is 10.7. The van der Waals surface area contributed by atoms with Crippen molar-refractivity contribution in [2.45, 2.75) is 26.7 Å². The molecule has 1 aromatic rings. The van der Waals surface area contributed by atoms with E-state index in [1.165, 1.54) is 11.1 Å². The molecule has 74 valence electrons. The predicted octanol–water partition coefficient (Wildman–Crippen LogP) is 3.55. The molecule has 1 aromatic carbocycles. The van der Waals surface area contributed by atoms with Crippen molar-refractivity contribution >= 4 is 11.7 Å². The van der Waals surface area contributed by atoms with Gasteiger partial charge in [0.15, 0.2) is 0 Å². The zero-order valence-electron chi connectivity index (χ0n) is 9.20. The van der Waals surface area contributed by atoms with E-state index in [-0.39, 0.29) is 0 Å². The lowest BCUT2D eigenvalue weighted by molar-refractivity contribution is 0.865. The molecule has 0 spiro atoms. The Balaban J connectivity index is 3.29. The third kappa shape index (κ3) is 2.30. The van der Waals surface area contributed by atoms with Crippen molar-refractivity contribution in [1.82, 2.24) is 0 Å². The van der Waals surface area contributed by atoms with E-state index < -0.39 is 0 Å². The van der Waals surface area contributed by atoms with Crippen LogP contribution in [0.5, 0.6) is 0 Å². The molecule has 0 unspecified atom stereocenters. The van der Waals surface area contributed by atoms with Crippen molar-refractivity contribution in [3.8, 4) is 0 Å². The first-order chi connectivity index (χ1) is 6.66. The molecule has 0 aliphatic rings. The SMILES string of the molecule is CN=C=Nc1c(C)cccc1C(C)C. The van der Waals surface area contributed by atoms with Crippen molar-refractivity contribution in [3.63, 3.8) is 0 Å². The van der Waals surface area contributed by atoms with Crippen LogP contribution in [-0.4, -0.2) is 13.1 Å². The Morgan fingerprint density at radius 2 is 2.00 bits per heavy atom. The van der Waals surface area contributed by atoms with Gasteiger partial charge in [0.05, 0.1) is 11.7 Å². The Bertz CT molecular complexity index is 372. The Hall–Kier alpha value is -1.40. The second-order valence-corrected chi connectivity index (χ2v) is 3.60. The van der Waals surface area contributed by atoms with Gasteiger partial charge in [0, 0.05) is 7.05 Å².